The molecule has 1 heterocycles. The molecule has 0 spiro atoms. The molecule has 22 heavy (non-hydrogen) atoms. The molecule has 7 heteroatoms. The normalized spacial score (nSPS) is 21.4. The predicted molar refractivity (Wildman–Crippen MR) is 88.0 cm³/mol. The third kappa shape index (κ3) is 3.23. The summed E-state index contributed by atoms with van der Waals surface area (Å²) in [5.74, 6) is 0.343. The van der Waals surface area contributed by atoms with Gasteiger partial charge in [0.15, 0.2) is 0 Å². The Morgan fingerprint density at radius 1 is 1.41 bits per heavy atom. The maximum Gasteiger partial charge on any atom is 0.251 e. The highest BCUT2D eigenvalue weighted by molar-refractivity contribution is 5.97. The zero-order chi connectivity index (χ0) is 14.8. The topological polar surface area (TPSA) is 85.8 Å². The van der Waals surface area contributed by atoms with E-state index in [1.165, 1.54) is 6.42 Å². The molecule has 1 aliphatic carbocycles. The van der Waals surface area contributed by atoms with Crippen molar-refractivity contribution in [3.8, 4) is 0 Å². The van der Waals surface area contributed by atoms with Crippen LogP contribution in [0.1, 0.15) is 36.0 Å². The number of halogens is 1. The van der Waals surface area contributed by atoms with Crippen LogP contribution in [0.2, 0.25) is 0 Å². The summed E-state index contributed by atoms with van der Waals surface area (Å²) in [6, 6.07) is 5.68. The fraction of sp³-hybridized carbons (Fsp3) is 0.533. The Morgan fingerprint density at radius 2 is 2.18 bits per heavy atom. The van der Waals surface area contributed by atoms with Crippen molar-refractivity contribution in [1.82, 2.24) is 20.3 Å². The summed E-state index contributed by atoms with van der Waals surface area (Å²) >= 11 is 0. The molecule has 1 aromatic carbocycles. The van der Waals surface area contributed by atoms with E-state index in [0.717, 1.165) is 30.3 Å². The van der Waals surface area contributed by atoms with Gasteiger partial charge in [-0.05, 0) is 43.5 Å². The second-order valence-corrected chi connectivity index (χ2v) is 5.78. The van der Waals surface area contributed by atoms with Gasteiger partial charge in [0.2, 0.25) is 0 Å². The smallest absolute Gasteiger partial charge is 0.251 e. The lowest BCUT2D eigenvalue weighted by atomic mass is 9.84. The van der Waals surface area contributed by atoms with E-state index < -0.39 is 0 Å². The van der Waals surface area contributed by atoms with Crippen molar-refractivity contribution in [1.29, 1.82) is 0 Å². The molecule has 0 bridgehead atoms. The van der Waals surface area contributed by atoms with Crippen LogP contribution in [0.4, 0.5) is 0 Å². The van der Waals surface area contributed by atoms with Crippen molar-refractivity contribution in [2.75, 3.05) is 6.54 Å². The number of nitrogens with two attached hydrogens (primary N) is 1. The average Bonchev–Trinajstić information content (AvgIpc) is 2.88. The molecule has 0 radical (unpaired) electrons. The van der Waals surface area contributed by atoms with Gasteiger partial charge >= 0.3 is 0 Å². The van der Waals surface area contributed by atoms with Crippen LogP contribution < -0.4 is 11.1 Å². The van der Waals surface area contributed by atoms with Crippen molar-refractivity contribution in [3.05, 3.63) is 23.8 Å². The predicted octanol–water partition coefficient (Wildman–Crippen LogP) is 1.64. The van der Waals surface area contributed by atoms with Crippen LogP contribution in [0.5, 0.6) is 0 Å². The van der Waals surface area contributed by atoms with Gasteiger partial charge in [0.1, 0.15) is 5.52 Å². The van der Waals surface area contributed by atoms with Gasteiger partial charge in [0.05, 0.1) is 5.52 Å². The van der Waals surface area contributed by atoms with E-state index in [9.17, 15) is 4.79 Å². The first-order valence-electron chi connectivity index (χ1n) is 7.49. The Labute approximate surface area is 135 Å². The number of rotatable bonds is 3. The standard InChI is InChI=1S/C15H21N5O.ClH/c1-20-14-7-6-10(8-13(14)18-19-20)15(21)17-12-5-3-2-4-11(12)9-16;/h6-8,11-12H,2-5,9,16H2,1H3,(H,17,21);1H. The molecule has 3 N–H and O–H groups in total. The molecule has 1 aliphatic rings. The number of fused-ring (bicyclic) bond motifs is 1. The second kappa shape index (κ2) is 7.07. The summed E-state index contributed by atoms with van der Waals surface area (Å²) in [6.45, 7) is 0.633. The van der Waals surface area contributed by atoms with Gasteiger partial charge in [-0.25, -0.2) is 4.68 Å². The number of amides is 1. The molecule has 2 aromatic rings. The van der Waals surface area contributed by atoms with E-state index in [4.69, 9.17) is 5.73 Å². The van der Waals surface area contributed by atoms with E-state index in [0.29, 0.717) is 18.0 Å². The quantitative estimate of drug-likeness (QED) is 0.899. The van der Waals surface area contributed by atoms with Crippen LogP contribution in [0.3, 0.4) is 0 Å². The van der Waals surface area contributed by atoms with Crippen LogP contribution in [0, 0.1) is 5.92 Å². The number of nitrogens with one attached hydrogen (secondary N) is 1. The fourth-order valence-corrected chi connectivity index (χ4v) is 3.11. The molecular weight excluding hydrogens is 302 g/mol. The van der Waals surface area contributed by atoms with E-state index in [1.807, 2.05) is 19.2 Å². The summed E-state index contributed by atoms with van der Waals surface area (Å²) in [4.78, 5) is 12.4. The maximum atomic E-state index is 12.4. The Morgan fingerprint density at radius 3 is 2.95 bits per heavy atom. The number of aryl methyl sites for hydroxylation is 1. The van der Waals surface area contributed by atoms with Gasteiger partial charge in [-0.3, -0.25) is 4.79 Å². The molecule has 1 fully saturated rings. The molecule has 120 valence electrons. The molecule has 2 atom stereocenters. The Kier molecular flexibility index (Phi) is 5.37. The zero-order valence-corrected chi connectivity index (χ0v) is 13.5. The van der Waals surface area contributed by atoms with Crippen LogP contribution in [0.25, 0.3) is 11.0 Å². The van der Waals surface area contributed by atoms with Crippen LogP contribution in [-0.4, -0.2) is 33.5 Å². The van der Waals surface area contributed by atoms with Crippen molar-refractivity contribution in [3.63, 3.8) is 0 Å². The molecule has 6 nitrogen and oxygen atoms in total. The van der Waals surface area contributed by atoms with E-state index in [1.54, 1.807) is 10.7 Å². The first-order valence-corrected chi connectivity index (χ1v) is 7.49. The lowest BCUT2D eigenvalue weighted by molar-refractivity contribution is 0.0908. The SMILES string of the molecule is Cl.Cn1nnc2cc(C(=O)NC3CCCCC3CN)ccc21. The van der Waals surface area contributed by atoms with E-state index >= 15 is 0 Å². The third-order valence-corrected chi connectivity index (χ3v) is 4.40. The number of aromatic nitrogens is 3. The first-order chi connectivity index (χ1) is 10.2. The van der Waals surface area contributed by atoms with Crippen LogP contribution >= 0.6 is 12.4 Å². The molecule has 0 saturated heterocycles. The summed E-state index contributed by atoms with van der Waals surface area (Å²) in [5, 5.41) is 11.1. The Hall–Kier alpha value is -1.66. The first kappa shape index (κ1) is 16.7. The fourth-order valence-electron chi connectivity index (χ4n) is 3.11. The highest BCUT2D eigenvalue weighted by Gasteiger charge is 2.25. The lowest BCUT2D eigenvalue weighted by Crippen LogP contribution is -2.44. The summed E-state index contributed by atoms with van der Waals surface area (Å²) < 4.78 is 1.70. The Balaban J connectivity index is 0.00000176. The Bertz CT molecular complexity index is 656. The van der Waals surface area contributed by atoms with Gasteiger partial charge in [-0.1, -0.05) is 18.1 Å². The second-order valence-electron chi connectivity index (χ2n) is 5.78. The minimum atomic E-state index is -0.0482. The largest absolute Gasteiger partial charge is 0.349 e. The molecule has 3 rings (SSSR count). The highest BCUT2D eigenvalue weighted by Crippen LogP contribution is 2.24. The molecular formula is C15H22ClN5O. The van der Waals surface area contributed by atoms with E-state index in [-0.39, 0.29) is 24.4 Å². The summed E-state index contributed by atoms with van der Waals surface area (Å²) in [5.41, 5.74) is 8.10. The zero-order valence-electron chi connectivity index (χ0n) is 12.7. The highest BCUT2D eigenvalue weighted by atomic mass is 35.5. The monoisotopic (exact) mass is 323 g/mol. The van der Waals surface area contributed by atoms with E-state index in [2.05, 4.69) is 15.6 Å². The summed E-state index contributed by atoms with van der Waals surface area (Å²) in [6.07, 6.45) is 4.48. The van der Waals surface area contributed by atoms with Crippen LogP contribution in [0.15, 0.2) is 18.2 Å². The van der Waals surface area contributed by atoms with Crippen molar-refractivity contribution >= 4 is 29.3 Å². The van der Waals surface area contributed by atoms with Crippen LogP contribution in [-0.2, 0) is 7.05 Å². The number of hydrogen-bond donors (Lipinski definition) is 2. The number of hydrogen-bond acceptors (Lipinski definition) is 4. The van der Waals surface area contributed by atoms with Gasteiger partial charge in [0, 0.05) is 18.7 Å². The minimum Gasteiger partial charge on any atom is -0.349 e. The van der Waals surface area contributed by atoms with Crippen molar-refractivity contribution in [2.45, 2.75) is 31.7 Å². The number of benzene rings is 1. The molecule has 1 aromatic heterocycles. The van der Waals surface area contributed by atoms with Crippen molar-refractivity contribution in [2.24, 2.45) is 18.7 Å². The van der Waals surface area contributed by atoms with Crippen molar-refractivity contribution < 1.29 is 4.79 Å². The molecule has 2 unspecified atom stereocenters. The number of nitrogens with zero attached hydrogens (tertiary/aromatic N) is 3. The van der Waals surface area contributed by atoms with Gasteiger partial charge < -0.3 is 11.1 Å². The average molecular weight is 324 g/mol. The maximum absolute atomic E-state index is 12.4. The number of carbonyl (C=O) groups excluding carboxylic acids is 1. The molecule has 0 aliphatic heterocycles. The molecule has 1 amide bonds. The third-order valence-electron chi connectivity index (χ3n) is 4.40. The summed E-state index contributed by atoms with van der Waals surface area (Å²) in [7, 11) is 1.84. The van der Waals surface area contributed by atoms with Gasteiger partial charge in [-0.2, -0.15) is 0 Å². The number of carbonyl (C=O) groups is 1. The van der Waals surface area contributed by atoms with Gasteiger partial charge in [0.25, 0.3) is 5.91 Å². The van der Waals surface area contributed by atoms with Gasteiger partial charge in [-0.15, -0.1) is 17.5 Å². The molecule has 1 saturated carbocycles. The minimum absolute atomic E-state index is 0. The lowest BCUT2D eigenvalue weighted by Gasteiger charge is -2.31.